The number of fused-ring (bicyclic) bond motifs is 1. The van der Waals surface area contributed by atoms with Crippen LogP contribution in [0.3, 0.4) is 0 Å². The summed E-state index contributed by atoms with van der Waals surface area (Å²) in [7, 11) is -4.49. The SMILES string of the molecule is CCCCCCCCCCCCCCCCCCCCCCC1Nc2ccc(S(=O)(=O)[O-])cc2N1Cc1ccccc1.[K+]. The second kappa shape index (κ2) is 23.0. The molecule has 5 nitrogen and oxygen atoms in total. The van der Waals surface area contributed by atoms with E-state index in [1.165, 1.54) is 134 Å². The smallest absolute Gasteiger partial charge is 0.744 e. The van der Waals surface area contributed by atoms with Crippen molar-refractivity contribution in [1.82, 2.24) is 0 Å². The second-order valence-corrected chi connectivity index (χ2v) is 13.8. The first-order chi connectivity index (χ1) is 20.5. The number of nitrogens with one attached hydrogen (secondary N) is 1. The first-order valence-corrected chi connectivity index (χ1v) is 18.6. The van der Waals surface area contributed by atoms with Crippen LogP contribution < -0.4 is 61.6 Å². The molecule has 0 radical (unpaired) electrons. The quantitative estimate of drug-likeness (QED) is 0.0731. The summed E-state index contributed by atoms with van der Waals surface area (Å²) in [6.45, 7) is 2.96. The molecule has 1 N–H and O–H groups in total. The Bertz CT molecular complexity index is 1100. The average Bonchev–Trinajstić information content (AvgIpc) is 3.32. The predicted octanol–water partition coefficient (Wildman–Crippen LogP) is 7.56. The molecule has 1 atom stereocenters. The van der Waals surface area contributed by atoms with Crippen LogP contribution in [0.5, 0.6) is 0 Å². The second-order valence-electron chi connectivity index (χ2n) is 12.4. The molecule has 0 amide bonds. The Morgan fingerprint density at radius 1 is 0.674 bits per heavy atom. The van der Waals surface area contributed by atoms with Crippen molar-refractivity contribution in [3.8, 4) is 0 Å². The third-order valence-electron chi connectivity index (χ3n) is 8.79. The molecule has 1 aliphatic heterocycles. The van der Waals surface area contributed by atoms with Crippen LogP contribution in [-0.2, 0) is 16.7 Å². The molecular weight excluding hydrogens is 580 g/mol. The van der Waals surface area contributed by atoms with E-state index >= 15 is 0 Å². The van der Waals surface area contributed by atoms with E-state index < -0.39 is 10.1 Å². The van der Waals surface area contributed by atoms with Gasteiger partial charge in [0.2, 0.25) is 0 Å². The first-order valence-electron chi connectivity index (χ1n) is 17.2. The molecule has 0 aliphatic carbocycles. The van der Waals surface area contributed by atoms with Crippen LogP contribution in [-0.4, -0.2) is 19.1 Å². The van der Waals surface area contributed by atoms with Gasteiger partial charge in [-0.3, -0.25) is 0 Å². The Hall–Kier alpha value is -0.414. The van der Waals surface area contributed by atoms with E-state index in [9.17, 15) is 13.0 Å². The number of hydrogen-bond acceptors (Lipinski definition) is 5. The van der Waals surface area contributed by atoms with E-state index in [-0.39, 0.29) is 62.4 Å². The van der Waals surface area contributed by atoms with Crippen LogP contribution >= 0.6 is 0 Å². The number of benzene rings is 2. The summed E-state index contributed by atoms with van der Waals surface area (Å²) in [6, 6.07) is 14.9. The molecule has 7 heteroatoms. The molecule has 1 unspecified atom stereocenters. The largest absolute Gasteiger partial charge is 1.00 e. The van der Waals surface area contributed by atoms with E-state index in [0.29, 0.717) is 6.54 Å². The molecule has 2 aromatic carbocycles. The third-order valence-corrected chi connectivity index (χ3v) is 9.62. The first kappa shape index (κ1) is 38.8. The number of hydrogen-bond donors (Lipinski definition) is 1. The van der Waals surface area contributed by atoms with E-state index in [0.717, 1.165) is 29.8 Å². The van der Waals surface area contributed by atoms with Crippen LogP contribution in [0.4, 0.5) is 11.4 Å². The van der Waals surface area contributed by atoms with Crippen LogP contribution in [0.25, 0.3) is 0 Å². The number of unbranched alkanes of at least 4 members (excludes halogenated alkanes) is 19. The van der Waals surface area contributed by atoms with Gasteiger partial charge in [0.05, 0.1) is 22.4 Å². The average molecular weight is 637 g/mol. The summed E-state index contributed by atoms with van der Waals surface area (Å²) >= 11 is 0. The van der Waals surface area contributed by atoms with Crippen molar-refractivity contribution in [2.45, 2.75) is 159 Å². The normalized spacial score (nSPS) is 14.4. The van der Waals surface area contributed by atoms with Gasteiger partial charge in [-0.1, -0.05) is 159 Å². The Morgan fingerprint density at radius 3 is 1.60 bits per heavy atom. The molecule has 1 heterocycles. The van der Waals surface area contributed by atoms with Gasteiger partial charge < -0.3 is 14.8 Å². The van der Waals surface area contributed by atoms with Crippen LogP contribution in [0.15, 0.2) is 53.4 Å². The molecule has 0 aromatic heterocycles. The molecule has 1 aliphatic rings. The Labute approximate surface area is 306 Å². The summed E-state index contributed by atoms with van der Waals surface area (Å²) < 4.78 is 35.0. The van der Waals surface area contributed by atoms with Gasteiger partial charge in [-0.05, 0) is 36.6 Å². The molecule has 0 saturated carbocycles. The van der Waals surface area contributed by atoms with Gasteiger partial charge in [0.25, 0.3) is 0 Å². The minimum Gasteiger partial charge on any atom is -0.744 e. The standard InChI is InChI=1S/C36H58N2O3S.K/c1-2-3-4-5-6-7-8-9-10-11-12-13-14-15-16-17-18-19-20-24-27-36-37-34-29-28-33(42(39,40)41)30-35(34)38(36)31-32-25-22-21-23-26-32;/h21-23,25-26,28-30,36-37H,2-20,24,27,31H2,1H3,(H,39,40,41);/q;+1/p-1. The van der Waals surface area contributed by atoms with Gasteiger partial charge >= 0.3 is 51.4 Å². The van der Waals surface area contributed by atoms with Crippen LogP contribution in [0, 0.1) is 0 Å². The monoisotopic (exact) mass is 636 g/mol. The Kier molecular flexibility index (Phi) is 20.7. The van der Waals surface area contributed by atoms with Gasteiger partial charge in [0.1, 0.15) is 10.1 Å². The van der Waals surface area contributed by atoms with Crippen molar-refractivity contribution in [3.63, 3.8) is 0 Å². The van der Waals surface area contributed by atoms with E-state index in [2.05, 4.69) is 29.3 Å². The summed E-state index contributed by atoms with van der Waals surface area (Å²) in [5.41, 5.74) is 2.86. The van der Waals surface area contributed by atoms with Gasteiger partial charge in [-0.15, -0.1) is 0 Å². The molecule has 0 spiro atoms. The zero-order valence-corrected chi connectivity index (χ0v) is 31.3. The predicted molar refractivity (Wildman–Crippen MR) is 177 cm³/mol. The summed E-state index contributed by atoms with van der Waals surface area (Å²) in [5, 5.41) is 3.57. The zero-order chi connectivity index (χ0) is 29.9. The fourth-order valence-electron chi connectivity index (χ4n) is 6.25. The summed E-state index contributed by atoms with van der Waals surface area (Å²) in [5.74, 6) is 0. The van der Waals surface area contributed by atoms with Crippen molar-refractivity contribution in [1.29, 1.82) is 0 Å². The van der Waals surface area contributed by atoms with Crippen molar-refractivity contribution < 1.29 is 64.4 Å². The van der Waals surface area contributed by atoms with E-state index in [1.807, 2.05) is 18.2 Å². The molecule has 43 heavy (non-hydrogen) atoms. The van der Waals surface area contributed by atoms with Crippen LogP contribution in [0.1, 0.15) is 147 Å². The molecule has 3 rings (SSSR count). The van der Waals surface area contributed by atoms with E-state index in [4.69, 9.17) is 0 Å². The van der Waals surface area contributed by atoms with Crippen molar-refractivity contribution in [2.24, 2.45) is 0 Å². The number of anilines is 2. The minimum atomic E-state index is -4.49. The topological polar surface area (TPSA) is 72.5 Å². The zero-order valence-electron chi connectivity index (χ0n) is 27.3. The summed E-state index contributed by atoms with van der Waals surface area (Å²) in [4.78, 5) is 2.05. The molecule has 236 valence electrons. The Morgan fingerprint density at radius 2 is 1.14 bits per heavy atom. The van der Waals surface area contributed by atoms with Gasteiger partial charge in [-0.25, -0.2) is 8.42 Å². The third kappa shape index (κ3) is 15.6. The molecule has 0 bridgehead atoms. The minimum absolute atomic E-state index is 0. The molecular formula is C36H57KN2O3S. The maximum atomic E-state index is 11.7. The van der Waals surface area contributed by atoms with Crippen molar-refractivity contribution >= 4 is 21.5 Å². The van der Waals surface area contributed by atoms with E-state index in [1.54, 1.807) is 6.07 Å². The number of nitrogens with zero attached hydrogens (tertiary/aromatic N) is 1. The van der Waals surface area contributed by atoms with Crippen molar-refractivity contribution in [2.75, 3.05) is 10.2 Å². The maximum Gasteiger partial charge on any atom is 1.00 e. The molecule has 0 fully saturated rings. The van der Waals surface area contributed by atoms with Gasteiger partial charge in [0.15, 0.2) is 0 Å². The Balaban J connectivity index is 0.00000645. The maximum absolute atomic E-state index is 11.7. The van der Waals surface area contributed by atoms with Gasteiger partial charge in [0, 0.05) is 6.54 Å². The molecule has 2 aromatic rings. The number of rotatable bonds is 24. The van der Waals surface area contributed by atoms with Crippen molar-refractivity contribution in [3.05, 3.63) is 54.1 Å². The van der Waals surface area contributed by atoms with Crippen LogP contribution in [0.2, 0.25) is 0 Å². The molecule has 0 saturated heterocycles. The fraction of sp³-hybridized carbons (Fsp3) is 0.667. The summed E-state index contributed by atoms with van der Waals surface area (Å²) in [6.07, 6.45) is 28.6. The fourth-order valence-corrected chi connectivity index (χ4v) is 6.74. The van der Waals surface area contributed by atoms with Gasteiger partial charge in [-0.2, -0.15) is 0 Å².